The van der Waals surface area contributed by atoms with E-state index in [9.17, 15) is 4.79 Å². The van der Waals surface area contributed by atoms with E-state index in [1.54, 1.807) is 0 Å². The number of likely N-dealkylation sites (tertiary alicyclic amines) is 1. The van der Waals surface area contributed by atoms with Gasteiger partial charge in [0.1, 0.15) is 0 Å². The molecule has 0 aromatic heterocycles. The summed E-state index contributed by atoms with van der Waals surface area (Å²) in [6.07, 6.45) is 0.716. The first-order chi connectivity index (χ1) is 8.06. The molecule has 1 fully saturated rings. The lowest BCUT2D eigenvalue weighted by Crippen LogP contribution is -2.25. The van der Waals surface area contributed by atoms with Gasteiger partial charge in [0, 0.05) is 24.0 Å². The van der Waals surface area contributed by atoms with Gasteiger partial charge in [-0.15, -0.1) is 0 Å². The lowest BCUT2D eigenvalue weighted by molar-refractivity contribution is -0.128. The molecule has 3 heteroatoms. The second-order valence-electron chi connectivity index (χ2n) is 5.11. The standard InChI is InChI=1S/C14H18BrNO/c1-10(2)12-7-14(17)16(9-12)8-11-3-5-13(15)6-4-11/h3-6,10,12H,7-9H2,1-2H3. The van der Waals surface area contributed by atoms with E-state index < -0.39 is 0 Å². The third-order valence-electron chi connectivity index (χ3n) is 3.47. The number of carbonyl (C=O) groups excluding carboxylic acids is 1. The summed E-state index contributed by atoms with van der Waals surface area (Å²) in [5.41, 5.74) is 1.20. The van der Waals surface area contributed by atoms with Crippen molar-refractivity contribution in [3.05, 3.63) is 34.3 Å². The van der Waals surface area contributed by atoms with Crippen LogP contribution in [0.25, 0.3) is 0 Å². The molecule has 92 valence electrons. The maximum Gasteiger partial charge on any atom is 0.223 e. The zero-order valence-electron chi connectivity index (χ0n) is 10.3. The number of benzene rings is 1. The Labute approximate surface area is 111 Å². The van der Waals surface area contributed by atoms with Gasteiger partial charge in [0.25, 0.3) is 0 Å². The van der Waals surface area contributed by atoms with Gasteiger partial charge in [0.05, 0.1) is 0 Å². The van der Waals surface area contributed by atoms with Gasteiger partial charge in [-0.3, -0.25) is 4.79 Å². The highest BCUT2D eigenvalue weighted by atomic mass is 79.9. The second-order valence-corrected chi connectivity index (χ2v) is 6.02. The number of rotatable bonds is 3. The Balaban J connectivity index is 2.00. The van der Waals surface area contributed by atoms with Crippen molar-refractivity contribution in [3.63, 3.8) is 0 Å². The van der Waals surface area contributed by atoms with Crippen molar-refractivity contribution >= 4 is 21.8 Å². The molecule has 1 aromatic carbocycles. The van der Waals surface area contributed by atoms with E-state index >= 15 is 0 Å². The number of hydrogen-bond acceptors (Lipinski definition) is 1. The molecule has 2 rings (SSSR count). The number of amides is 1. The van der Waals surface area contributed by atoms with Gasteiger partial charge in [-0.05, 0) is 29.5 Å². The summed E-state index contributed by atoms with van der Waals surface area (Å²) in [6.45, 7) is 6.05. The van der Waals surface area contributed by atoms with Crippen molar-refractivity contribution < 1.29 is 4.79 Å². The van der Waals surface area contributed by atoms with E-state index in [0.717, 1.165) is 17.6 Å². The average molecular weight is 296 g/mol. The Kier molecular flexibility index (Phi) is 3.87. The minimum atomic E-state index is 0.298. The molecule has 1 aliphatic rings. The topological polar surface area (TPSA) is 20.3 Å². The third kappa shape index (κ3) is 3.09. The predicted molar refractivity (Wildman–Crippen MR) is 72.5 cm³/mol. The van der Waals surface area contributed by atoms with E-state index in [4.69, 9.17) is 0 Å². The zero-order valence-corrected chi connectivity index (χ0v) is 11.9. The van der Waals surface area contributed by atoms with Crippen LogP contribution < -0.4 is 0 Å². The predicted octanol–water partition coefficient (Wildman–Crippen LogP) is 3.45. The molecule has 0 aliphatic carbocycles. The van der Waals surface area contributed by atoms with Crippen LogP contribution >= 0.6 is 15.9 Å². The molecule has 1 atom stereocenters. The fourth-order valence-electron chi connectivity index (χ4n) is 2.21. The van der Waals surface area contributed by atoms with Crippen molar-refractivity contribution in [2.24, 2.45) is 11.8 Å². The summed E-state index contributed by atoms with van der Waals surface area (Å²) in [7, 11) is 0. The summed E-state index contributed by atoms with van der Waals surface area (Å²) >= 11 is 3.42. The van der Waals surface area contributed by atoms with E-state index in [1.807, 2.05) is 17.0 Å². The van der Waals surface area contributed by atoms with Crippen LogP contribution in [-0.2, 0) is 11.3 Å². The molecular weight excluding hydrogens is 278 g/mol. The first-order valence-corrected chi connectivity index (χ1v) is 6.88. The zero-order chi connectivity index (χ0) is 12.4. The Morgan fingerprint density at radius 1 is 1.35 bits per heavy atom. The van der Waals surface area contributed by atoms with Crippen LogP contribution in [-0.4, -0.2) is 17.4 Å². The van der Waals surface area contributed by atoms with Crippen LogP contribution in [0, 0.1) is 11.8 Å². The summed E-state index contributed by atoms with van der Waals surface area (Å²) in [6, 6.07) is 8.19. The number of hydrogen-bond donors (Lipinski definition) is 0. The SMILES string of the molecule is CC(C)C1CC(=O)N(Cc2ccc(Br)cc2)C1. The number of carbonyl (C=O) groups is 1. The highest BCUT2D eigenvalue weighted by molar-refractivity contribution is 9.10. The molecule has 0 radical (unpaired) electrons. The quantitative estimate of drug-likeness (QED) is 0.836. The summed E-state index contributed by atoms with van der Waals surface area (Å²) < 4.78 is 1.08. The van der Waals surface area contributed by atoms with Crippen LogP contribution in [0.4, 0.5) is 0 Å². The lowest BCUT2D eigenvalue weighted by Gasteiger charge is -2.18. The molecule has 1 aliphatic heterocycles. The molecule has 17 heavy (non-hydrogen) atoms. The first kappa shape index (κ1) is 12.6. The second kappa shape index (κ2) is 5.21. The maximum absolute atomic E-state index is 11.9. The molecular formula is C14H18BrNO. The Morgan fingerprint density at radius 3 is 2.53 bits per heavy atom. The summed E-state index contributed by atoms with van der Waals surface area (Å²) in [4.78, 5) is 13.9. The summed E-state index contributed by atoms with van der Waals surface area (Å²) in [5.74, 6) is 1.42. The number of halogens is 1. The first-order valence-electron chi connectivity index (χ1n) is 6.08. The van der Waals surface area contributed by atoms with Gasteiger partial charge in [0.2, 0.25) is 5.91 Å². The van der Waals surface area contributed by atoms with Gasteiger partial charge in [-0.25, -0.2) is 0 Å². The molecule has 1 unspecified atom stereocenters. The minimum absolute atomic E-state index is 0.298. The molecule has 2 nitrogen and oxygen atoms in total. The fraction of sp³-hybridized carbons (Fsp3) is 0.500. The van der Waals surface area contributed by atoms with E-state index in [-0.39, 0.29) is 0 Å². The molecule has 1 amide bonds. The van der Waals surface area contributed by atoms with E-state index in [0.29, 0.717) is 24.2 Å². The van der Waals surface area contributed by atoms with Crippen molar-refractivity contribution in [2.45, 2.75) is 26.8 Å². The summed E-state index contributed by atoms with van der Waals surface area (Å²) in [5, 5.41) is 0. The van der Waals surface area contributed by atoms with Gasteiger partial charge >= 0.3 is 0 Å². The van der Waals surface area contributed by atoms with Crippen molar-refractivity contribution in [2.75, 3.05) is 6.54 Å². The van der Waals surface area contributed by atoms with Crippen molar-refractivity contribution in [3.8, 4) is 0 Å². The highest BCUT2D eigenvalue weighted by Crippen LogP contribution is 2.26. The van der Waals surface area contributed by atoms with Gasteiger partial charge in [-0.1, -0.05) is 41.9 Å². The van der Waals surface area contributed by atoms with Gasteiger partial charge in [-0.2, -0.15) is 0 Å². The maximum atomic E-state index is 11.9. The molecule has 1 saturated heterocycles. The largest absolute Gasteiger partial charge is 0.338 e. The molecule has 0 N–H and O–H groups in total. The van der Waals surface area contributed by atoms with Crippen LogP contribution in [0.2, 0.25) is 0 Å². The minimum Gasteiger partial charge on any atom is -0.338 e. The molecule has 1 heterocycles. The van der Waals surface area contributed by atoms with E-state index in [1.165, 1.54) is 5.56 Å². The van der Waals surface area contributed by atoms with Gasteiger partial charge < -0.3 is 4.90 Å². The Morgan fingerprint density at radius 2 is 2.00 bits per heavy atom. The lowest BCUT2D eigenvalue weighted by atomic mass is 9.95. The normalized spacial score (nSPS) is 20.4. The fourth-order valence-corrected chi connectivity index (χ4v) is 2.48. The Hall–Kier alpha value is -0.830. The van der Waals surface area contributed by atoms with Gasteiger partial charge in [0.15, 0.2) is 0 Å². The van der Waals surface area contributed by atoms with Crippen LogP contribution in [0.5, 0.6) is 0 Å². The molecule has 1 aromatic rings. The monoisotopic (exact) mass is 295 g/mol. The Bertz CT molecular complexity index is 399. The molecule has 0 spiro atoms. The smallest absolute Gasteiger partial charge is 0.223 e. The molecule has 0 saturated carbocycles. The van der Waals surface area contributed by atoms with Crippen LogP contribution in [0.1, 0.15) is 25.8 Å². The highest BCUT2D eigenvalue weighted by Gasteiger charge is 2.30. The average Bonchev–Trinajstić information content (AvgIpc) is 2.64. The number of nitrogens with zero attached hydrogens (tertiary/aromatic N) is 1. The molecule has 0 bridgehead atoms. The van der Waals surface area contributed by atoms with Crippen molar-refractivity contribution in [1.82, 2.24) is 4.90 Å². The third-order valence-corrected chi connectivity index (χ3v) is 4.00. The van der Waals surface area contributed by atoms with Crippen molar-refractivity contribution in [1.29, 1.82) is 0 Å². The van der Waals surface area contributed by atoms with Crippen LogP contribution in [0.15, 0.2) is 28.7 Å². The van der Waals surface area contributed by atoms with E-state index in [2.05, 4.69) is 41.9 Å². The van der Waals surface area contributed by atoms with Crippen LogP contribution in [0.3, 0.4) is 0 Å².